The number of pyridine rings is 2. The molecule has 10 aromatic rings. The van der Waals surface area contributed by atoms with E-state index in [4.69, 9.17) is 37.9 Å². The number of carbonyl (C=O) groups is 2. The monoisotopic (exact) mass is 1240 g/mol. The third-order valence-corrected chi connectivity index (χ3v) is 14.4. The molecule has 464 valence electrons. The quantitative estimate of drug-likeness (QED) is 0.0813. The molecule has 2 amide bonds. The first-order valence-electron chi connectivity index (χ1n) is 28.7. The van der Waals surface area contributed by atoms with Crippen LogP contribution >= 0.6 is 0 Å². The molecular weight excluding hydrogens is 1180 g/mol. The molecule has 91 heavy (non-hydrogen) atoms. The van der Waals surface area contributed by atoms with Gasteiger partial charge in [-0.2, -0.15) is 0 Å². The topological polar surface area (TPSA) is 266 Å². The van der Waals surface area contributed by atoms with Crippen molar-refractivity contribution in [3.63, 3.8) is 0 Å². The lowest BCUT2D eigenvalue weighted by Crippen LogP contribution is -2.42. The zero-order valence-corrected chi connectivity index (χ0v) is 49.2. The van der Waals surface area contributed by atoms with Crippen LogP contribution in [-0.2, 0) is 13.6 Å². The highest BCUT2D eigenvalue weighted by atomic mass is 19.1. The second kappa shape index (κ2) is 25.0. The predicted octanol–water partition coefficient (Wildman–Crippen LogP) is 9.25. The molecule has 25 heteroatoms. The van der Waals surface area contributed by atoms with Gasteiger partial charge in [0.1, 0.15) is 78.8 Å². The number of rotatable bonds is 16. The number of hydrogen-bond donors (Lipinski definition) is 3. The van der Waals surface area contributed by atoms with E-state index in [2.05, 4.69) is 20.6 Å². The molecule has 2 aliphatic heterocycles. The number of carbonyl (C=O) groups excluding carboxylic acids is 2. The van der Waals surface area contributed by atoms with E-state index in [-0.39, 0.29) is 41.8 Å². The number of ether oxygens (including phenoxy) is 8. The number of halogens is 2. The van der Waals surface area contributed by atoms with Crippen molar-refractivity contribution in [3.8, 4) is 68.9 Å². The fraction of sp³-hybridized carbons (Fsp3) is 0.212. The first-order chi connectivity index (χ1) is 43.9. The predicted molar refractivity (Wildman–Crippen MR) is 329 cm³/mol. The zero-order chi connectivity index (χ0) is 63.7. The Morgan fingerprint density at radius 1 is 0.593 bits per heavy atom. The summed E-state index contributed by atoms with van der Waals surface area (Å²) in [5, 5.41) is 16.7. The van der Waals surface area contributed by atoms with Crippen LogP contribution in [0.1, 0.15) is 54.3 Å². The number of aromatic nitrogens is 6. The fourth-order valence-corrected chi connectivity index (χ4v) is 9.84. The van der Waals surface area contributed by atoms with Crippen LogP contribution in [0.4, 0.5) is 20.2 Å². The summed E-state index contributed by atoms with van der Waals surface area (Å²) in [4.78, 5) is 87.3. The minimum absolute atomic E-state index is 0.0281. The van der Waals surface area contributed by atoms with Gasteiger partial charge in [0, 0.05) is 61.9 Å². The van der Waals surface area contributed by atoms with Crippen LogP contribution in [0.3, 0.4) is 0 Å². The van der Waals surface area contributed by atoms with Gasteiger partial charge in [-0.25, -0.2) is 27.5 Å². The summed E-state index contributed by atoms with van der Waals surface area (Å²) < 4.78 is 79.0. The van der Waals surface area contributed by atoms with Crippen LogP contribution in [-0.4, -0.2) is 89.9 Å². The Morgan fingerprint density at radius 2 is 1.03 bits per heavy atom. The van der Waals surface area contributed by atoms with Crippen LogP contribution in [0.5, 0.6) is 57.5 Å². The van der Waals surface area contributed by atoms with E-state index >= 15 is 0 Å². The second-order valence-corrected chi connectivity index (χ2v) is 21.7. The first-order valence-corrected chi connectivity index (χ1v) is 28.7. The molecule has 1 fully saturated rings. The van der Waals surface area contributed by atoms with Gasteiger partial charge in [-0.05, 0) is 143 Å². The molecule has 0 atom stereocenters. The molecule has 13 rings (SSSR count). The summed E-state index contributed by atoms with van der Waals surface area (Å²) in [5.74, 6) is 2.17. The zero-order valence-electron chi connectivity index (χ0n) is 49.2. The number of aryl methyl sites for hydroxylation is 2. The van der Waals surface area contributed by atoms with Gasteiger partial charge < -0.3 is 58.2 Å². The highest BCUT2D eigenvalue weighted by molar-refractivity contribution is 6.05. The number of amides is 2. The minimum atomic E-state index is -1.07. The maximum atomic E-state index is 13.5. The van der Waals surface area contributed by atoms with E-state index in [9.17, 15) is 42.7 Å². The number of nitrogens with zero attached hydrogens (tertiary/aromatic N) is 6. The van der Waals surface area contributed by atoms with Crippen molar-refractivity contribution in [3.05, 3.63) is 211 Å². The minimum Gasteiger partial charge on any atom is -0.486 e. The number of anilines is 2. The van der Waals surface area contributed by atoms with Crippen molar-refractivity contribution >= 4 is 45.0 Å². The van der Waals surface area contributed by atoms with Gasteiger partial charge in [0.05, 0.1) is 44.9 Å². The van der Waals surface area contributed by atoms with Gasteiger partial charge in [-0.3, -0.25) is 33.7 Å². The highest BCUT2D eigenvalue weighted by Crippen LogP contribution is 2.51. The molecule has 6 heterocycles. The average molecular weight is 1240 g/mol. The van der Waals surface area contributed by atoms with Gasteiger partial charge in [0.15, 0.2) is 23.0 Å². The molecule has 1 aliphatic carbocycles. The Morgan fingerprint density at radius 3 is 1.49 bits per heavy atom. The van der Waals surface area contributed by atoms with Crippen molar-refractivity contribution in [2.24, 2.45) is 7.05 Å². The summed E-state index contributed by atoms with van der Waals surface area (Å²) in [6.45, 7) is 6.61. The van der Waals surface area contributed by atoms with Crippen molar-refractivity contribution in [1.29, 1.82) is 0 Å². The summed E-state index contributed by atoms with van der Waals surface area (Å²) >= 11 is 0. The van der Waals surface area contributed by atoms with Gasteiger partial charge in [-0.15, -0.1) is 0 Å². The Hall–Kier alpha value is -11.3. The van der Waals surface area contributed by atoms with Crippen molar-refractivity contribution in [2.75, 3.05) is 43.7 Å². The third-order valence-electron chi connectivity index (χ3n) is 14.4. The van der Waals surface area contributed by atoms with Crippen LogP contribution < -0.4 is 71.0 Å². The van der Waals surface area contributed by atoms with E-state index in [1.54, 1.807) is 99.9 Å². The molecule has 0 saturated heterocycles. The summed E-state index contributed by atoms with van der Waals surface area (Å²) in [7, 11) is 1.42. The molecule has 6 aromatic carbocycles. The molecule has 0 bridgehead atoms. The molecule has 3 aliphatic rings. The lowest BCUT2D eigenvalue weighted by atomic mass is 10.1. The number of aliphatic hydroxyl groups is 1. The summed E-state index contributed by atoms with van der Waals surface area (Å²) in [5.41, 5.74) is -2.39. The maximum absolute atomic E-state index is 13.5. The van der Waals surface area contributed by atoms with Crippen molar-refractivity contribution in [1.82, 2.24) is 28.2 Å². The number of benzene rings is 6. The molecule has 0 spiro atoms. The molecule has 0 unspecified atom stereocenters. The number of nitrogens with one attached hydrogen (secondary N) is 2. The first kappa shape index (κ1) is 60.0. The van der Waals surface area contributed by atoms with E-state index in [0.29, 0.717) is 117 Å². The second-order valence-electron chi connectivity index (χ2n) is 21.7. The third kappa shape index (κ3) is 12.9. The van der Waals surface area contributed by atoms with Crippen molar-refractivity contribution in [2.45, 2.75) is 51.9 Å². The summed E-state index contributed by atoms with van der Waals surface area (Å²) in [6, 6.07) is 29.7. The largest absolute Gasteiger partial charge is 0.486 e. The van der Waals surface area contributed by atoms with E-state index in [1.165, 1.54) is 48.3 Å². The Bertz CT molecular complexity index is 4720. The van der Waals surface area contributed by atoms with E-state index in [1.807, 2.05) is 6.07 Å². The Kier molecular flexibility index (Phi) is 16.5. The van der Waals surface area contributed by atoms with Gasteiger partial charge in [0.2, 0.25) is 11.5 Å². The summed E-state index contributed by atoms with van der Waals surface area (Å²) in [6.07, 6.45) is 7.76. The molecule has 4 aromatic heterocycles. The van der Waals surface area contributed by atoms with Gasteiger partial charge in [0.25, 0.3) is 22.9 Å². The molecule has 1 saturated carbocycles. The van der Waals surface area contributed by atoms with Gasteiger partial charge in [-0.1, -0.05) is 0 Å². The fourth-order valence-electron chi connectivity index (χ4n) is 9.84. The molecule has 3 N–H and O–H groups in total. The standard InChI is InChI=1S/C34H31FN4O8.C32H25FN4O7/c1-4-38-18-24(32(41)39(33(38)42)22-9-5-20(35)6-10-22)31(40)37-21-7-11-23(12-8-21)47-26-13-14-36-25-17-27(46-19-34(2,3)43)29-30(28(25)26)45-16-15-44-29;1-36-17-23(31(39)37(32(36)40)20-6-2-18(33)3-7-20)30(38)35-19-4-8-21(9-5-19)43-25-12-13-34-24-16-26(44-22-10-11-22)28-29(27(24)25)42-15-14-41-28/h5-14,17-18,43H,4,15-16,19H2,1-3H3,(H,37,40);2-9,12-13,16-17,22H,10-11,14-15H2,1H3,(H,35,38). The molecular formula is C66H56F2N8O15. The molecule has 0 radical (unpaired) electrons. The Labute approximate surface area is 514 Å². The van der Waals surface area contributed by atoms with Crippen LogP contribution in [0.25, 0.3) is 33.2 Å². The SMILES string of the molecule is CCn1cc(C(=O)Nc2ccc(Oc3ccnc4cc(OCC(C)(C)O)c5c(c34)OCCO5)cc2)c(=O)n(-c2ccc(F)cc2)c1=O.Cn1cc(C(=O)Nc2ccc(Oc3ccnc4cc(OC5CC5)c5c(c34)OCCO5)cc2)c(=O)n(-c2ccc(F)cc2)c1=O. The van der Waals surface area contributed by atoms with Crippen LogP contribution in [0.15, 0.2) is 165 Å². The highest BCUT2D eigenvalue weighted by Gasteiger charge is 2.31. The van der Waals surface area contributed by atoms with E-state index < -0.39 is 51.5 Å². The Balaban J connectivity index is 0.000000176. The average Bonchev–Trinajstić information content (AvgIpc) is 1.33. The van der Waals surface area contributed by atoms with Gasteiger partial charge >= 0.3 is 11.4 Å². The lowest BCUT2D eigenvalue weighted by molar-refractivity contribution is 0.0265. The molecule has 23 nitrogen and oxygen atoms in total. The number of fused-ring (bicyclic) bond motifs is 6. The van der Waals surface area contributed by atoms with E-state index in [0.717, 1.165) is 50.8 Å². The van der Waals surface area contributed by atoms with Crippen molar-refractivity contribution < 1.29 is 61.4 Å². The maximum Gasteiger partial charge on any atom is 0.335 e. The van der Waals surface area contributed by atoms with Crippen LogP contribution in [0, 0.1) is 11.6 Å². The number of hydrogen-bond acceptors (Lipinski definition) is 17. The normalized spacial score (nSPS) is 13.2. The lowest BCUT2D eigenvalue weighted by Gasteiger charge is -2.25. The van der Waals surface area contributed by atoms with Crippen LogP contribution in [0.2, 0.25) is 0 Å². The smallest absolute Gasteiger partial charge is 0.335 e.